The molecule has 0 radical (unpaired) electrons. The van der Waals surface area contributed by atoms with Gasteiger partial charge in [-0.25, -0.2) is 4.39 Å². The molecule has 1 unspecified atom stereocenters. The Labute approximate surface area is 206 Å². The molecule has 2 atom stereocenters. The molecule has 35 heavy (non-hydrogen) atoms. The lowest BCUT2D eigenvalue weighted by molar-refractivity contribution is -0.125. The van der Waals surface area contributed by atoms with Gasteiger partial charge in [-0.15, -0.1) is 6.58 Å². The molecule has 2 heterocycles. The lowest BCUT2D eigenvalue weighted by atomic mass is 9.83. The second kappa shape index (κ2) is 10.7. The summed E-state index contributed by atoms with van der Waals surface area (Å²) in [5, 5.41) is 8.36. The molecule has 2 aromatic carbocycles. The number of carbonyl (C=O) groups is 1. The van der Waals surface area contributed by atoms with E-state index in [0.29, 0.717) is 24.0 Å². The van der Waals surface area contributed by atoms with Crippen LogP contribution in [0.2, 0.25) is 0 Å². The summed E-state index contributed by atoms with van der Waals surface area (Å²) in [4.78, 5) is 15.2. The molecule has 3 aromatic rings. The predicted molar refractivity (Wildman–Crippen MR) is 136 cm³/mol. The highest BCUT2D eigenvalue weighted by Crippen LogP contribution is 2.33. The smallest absolute Gasteiger partial charge is 0.223 e. The Morgan fingerprint density at radius 2 is 2.00 bits per heavy atom. The van der Waals surface area contributed by atoms with Crippen LogP contribution in [0.3, 0.4) is 0 Å². The van der Waals surface area contributed by atoms with Crippen molar-refractivity contribution in [2.45, 2.75) is 44.4 Å². The number of nitrogens with one attached hydrogen (secondary N) is 1. The zero-order valence-electron chi connectivity index (χ0n) is 20.2. The summed E-state index contributed by atoms with van der Waals surface area (Å²) in [6.45, 7) is 7.65. The Balaban J connectivity index is 1.06. The summed E-state index contributed by atoms with van der Waals surface area (Å²) in [5.74, 6) is 0.638. The number of piperidine rings is 1. The summed E-state index contributed by atoms with van der Waals surface area (Å²) in [7, 11) is 0. The minimum absolute atomic E-state index is 0.0789. The number of carbonyl (C=O) groups excluding carboxylic acids is 1. The molecule has 1 aliphatic heterocycles. The maximum absolute atomic E-state index is 13.4. The van der Waals surface area contributed by atoms with Crippen LogP contribution >= 0.6 is 0 Å². The van der Waals surface area contributed by atoms with Gasteiger partial charge in [0, 0.05) is 36.4 Å². The summed E-state index contributed by atoms with van der Waals surface area (Å²) in [6.07, 6.45) is 7.69. The highest BCUT2D eigenvalue weighted by atomic mass is 19.1. The van der Waals surface area contributed by atoms with Crippen molar-refractivity contribution >= 4 is 16.9 Å². The fraction of sp³-hybridized carbons (Fsp3) is 0.448. The van der Waals surface area contributed by atoms with Crippen LogP contribution in [0.15, 0.2) is 59.6 Å². The Hall–Kier alpha value is -2.99. The first-order valence-corrected chi connectivity index (χ1v) is 12.8. The monoisotopic (exact) mass is 475 g/mol. The van der Waals surface area contributed by atoms with E-state index in [1.807, 2.05) is 6.08 Å². The Morgan fingerprint density at radius 1 is 1.20 bits per heavy atom. The van der Waals surface area contributed by atoms with Crippen LogP contribution < -0.4 is 5.32 Å². The van der Waals surface area contributed by atoms with Gasteiger partial charge >= 0.3 is 0 Å². The fourth-order valence-corrected chi connectivity index (χ4v) is 5.68. The van der Waals surface area contributed by atoms with Crippen LogP contribution in [0, 0.1) is 17.7 Å². The third-order valence-electron chi connectivity index (χ3n) is 7.79. The molecule has 1 saturated heterocycles. The third-order valence-corrected chi connectivity index (χ3v) is 7.79. The van der Waals surface area contributed by atoms with E-state index in [9.17, 15) is 9.18 Å². The number of nitrogens with zero attached hydrogens (tertiary/aromatic N) is 2. The van der Waals surface area contributed by atoms with Crippen molar-refractivity contribution < 1.29 is 13.7 Å². The number of rotatable bonds is 8. The van der Waals surface area contributed by atoms with Crippen molar-refractivity contribution in [3.63, 3.8) is 0 Å². The molecule has 5 nitrogen and oxygen atoms in total. The number of fused-ring (bicyclic) bond motifs is 2. The lowest BCUT2D eigenvalue weighted by Gasteiger charge is -2.33. The quantitative estimate of drug-likeness (QED) is 0.452. The Bertz CT molecular complexity index is 1180. The van der Waals surface area contributed by atoms with Gasteiger partial charge in [-0.1, -0.05) is 35.5 Å². The van der Waals surface area contributed by atoms with Gasteiger partial charge in [-0.05, 0) is 80.8 Å². The van der Waals surface area contributed by atoms with Gasteiger partial charge in [0.15, 0.2) is 5.58 Å². The van der Waals surface area contributed by atoms with Gasteiger partial charge in [0.2, 0.25) is 5.91 Å². The normalized spacial score (nSPS) is 19.9. The fourth-order valence-electron chi connectivity index (χ4n) is 5.68. The zero-order chi connectivity index (χ0) is 24.2. The van der Waals surface area contributed by atoms with Crippen LogP contribution in [0.1, 0.15) is 48.4 Å². The van der Waals surface area contributed by atoms with Crippen molar-refractivity contribution in [3.05, 3.63) is 77.8 Å². The molecule has 0 spiro atoms. The molecule has 0 saturated carbocycles. The van der Waals surface area contributed by atoms with Gasteiger partial charge in [0.25, 0.3) is 0 Å². The number of benzene rings is 2. The topological polar surface area (TPSA) is 58.4 Å². The van der Waals surface area contributed by atoms with Crippen LogP contribution in [0.25, 0.3) is 11.0 Å². The van der Waals surface area contributed by atoms with Crippen molar-refractivity contribution in [3.8, 4) is 0 Å². The maximum Gasteiger partial charge on any atom is 0.223 e. The minimum Gasteiger partial charge on any atom is -0.356 e. The molecule has 6 heteroatoms. The van der Waals surface area contributed by atoms with E-state index in [1.54, 1.807) is 6.07 Å². The van der Waals surface area contributed by atoms with Crippen molar-refractivity contribution in [2.75, 3.05) is 26.2 Å². The second-order valence-electron chi connectivity index (χ2n) is 10.1. The molecule has 1 fully saturated rings. The lowest BCUT2D eigenvalue weighted by Crippen LogP contribution is -2.38. The number of hydrogen-bond acceptors (Lipinski definition) is 4. The molecular formula is C29H34FN3O2. The molecular weight excluding hydrogens is 441 g/mol. The first-order chi connectivity index (χ1) is 17.1. The van der Waals surface area contributed by atoms with Gasteiger partial charge in [0.1, 0.15) is 5.82 Å². The number of likely N-dealkylation sites (tertiary alicyclic amines) is 1. The van der Waals surface area contributed by atoms with E-state index in [0.717, 1.165) is 69.2 Å². The van der Waals surface area contributed by atoms with Crippen molar-refractivity contribution in [1.82, 2.24) is 15.4 Å². The SMILES string of the molecule is C=C[C@@H](CCNC(=O)C1CCc2ccccc2C1)CN1CCC(c2noc3cc(F)ccc23)CC1. The van der Waals surface area contributed by atoms with Crippen molar-refractivity contribution in [1.29, 1.82) is 0 Å². The van der Waals surface area contributed by atoms with Crippen LogP contribution in [-0.4, -0.2) is 42.1 Å². The van der Waals surface area contributed by atoms with Crippen LogP contribution in [0.5, 0.6) is 0 Å². The second-order valence-corrected chi connectivity index (χ2v) is 10.1. The van der Waals surface area contributed by atoms with Gasteiger partial charge in [-0.2, -0.15) is 0 Å². The third kappa shape index (κ3) is 5.48. The molecule has 0 bridgehead atoms. The summed E-state index contributed by atoms with van der Waals surface area (Å²) in [5.41, 5.74) is 4.18. The van der Waals surface area contributed by atoms with E-state index < -0.39 is 0 Å². The molecule has 1 amide bonds. The van der Waals surface area contributed by atoms with E-state index in [2.05, 4.69) is 46.2 Å². The Morgan fingerprint density at radius 3 is 2.80 bits per heavy atom. The number of amides is 1. The summed E-state index contributed by atoms with van der Waals surface area (Å²) < 4.78 is 18.8. The zero-order valence-corrected chi connectivity index (χ0v) is 20.2. The molecule has 1 aromatic heterocycles. The summed E-state index contributed by atoms with van der Waals surface area (Å²) in [6, 6.07) is 13.1. The van der Waals surface area contributed by atoms with E-state index in [1.165, 1.54) is 23.3 Å². The van der Waals surface area contributed by atoms with E-state index in [4.69, 9.17) is 4.52 Å². The molecule has 2 aliphatic rings. The predicted octanol–water partition coefficient (Wildman–Crippen LogP) is 5.26. The Kier molecular flexibility index (Phi) is 7.28. The number of halogens is 1. The highest BCUT2D eigenvalue weighted by Gasteiger charge is 2.27. The average molecular weight is 476 g/mol. The number of hydrogen-bond donors (Lipinski definition) is 1. The number of aryl methyl sites for hydroxylation is 1. The summed E-state index contributed by atoms with van der Waals surface area (Å²) >= 11 is 0. The van der Waals surface area contributed by atoms with Crippen LogP contribution in [-0.2, 0) is 17.6 Å². The molecule has 1 aliphatic carbocycles. The van der Waals surface area contributed by atoms with E-state index in [-0.39, 0.29) is 17.6 Å². The van der Waals surface area contributed by atoms with Crippen LogP contribution in [0.4, 0.5) is 4.39 Å². The molecule has 5 rings (SSSR count). The largest absolute Gasteiger partial charge is 0.356 e. The van der Waals surface area contributed by atoms with Gasteiger partial charge < -0.3 is 14.7 Å². The van der Waals surface area contributed by atoms with Crippen molar-refractivity contribution in [2.24, 2.45) is 11.8 Å². The van der Waals surface area contributed by atoms with E-state index >= 15 is 0 Å². The molecule has 184 valence electrons. The standard InChI is InChI=1S/C29H34FN3O2/c1-2-20(11-14-31-29(34)24-8-7-21-5-3-4-6-23(21)17-24)19-33-15-12-22(13-16-33)28-26-10-9-25(30)18-27(26)35-32-28/h2-6,9-10,18,20,22,24H,1,7-8,11-17,19H2,(H,31,34)/t20-,24?/m0/s1. The first kappa shape index (κ1) is 23.7. The van der Waals surface area contributed by atoms with Gasteiger partial charge in [-0.3, -0.25) is 4.79 Å². The highest BCUT2D eigenvalue weighted by molar-refractivity contribution is 5.80. The molecule has 1 N–H and O–H groups in total. The number of aromatic nitrogens is 1. The average Bonchev–Trinajstić information content (AvgIpc) is 3.31. The van der Waals surface area contributed by atoms with Gasteiger partial charge in [0.05, 0.1) is 5.69 Å². The minimum atomic E-state index is -0.300. The maximum atomic E-state index is 13.4. The first-order valence-electron chi connectivity index (χ1n) is 12.8.